The van der Waals surface area contributed by atoms with Gasteiger partial charge in [-0.2, -0.15) is 0 Å². The van der Waals surface area contributed by atoms with Crippen LogP contribution in [0.3, 0.4) is 0 Å². The highest BCUT2D eigenvalue weighted by Gasteiger charge is 2.71. The Labute approximate surface area is 321 Å². The van der Waals surface area contributed by atoms with Gasteiger partial charge in [0.25, 0.3) is 0 Å². The van der Waals surface area contributed by atoms with Crippen molar-refractivity contribution in [3.8, 4) is 11.5 Å². The molecule has 5 aliphatic carbocycles. The first-order chi connectivity index (χ1) is 24.7. The van der Waals surface area contributed by atoms with Gasteiger partial charge in [0.1, 0.15) is 6.10 Å². The highest BCUT2D eigenvalue weighted by molar-refractivity contribution is 6.30. The number of nitrogens with one attached hydrogen (secondary N) is 1. The smallest absolute Gasteiger partial charge is 0.306 e. The molecule has 0 aliphatic heterocycles. The van der Waals surface area contributed by atoms with Crippen LogP contribution in [0.2, 0.25) is 5.02 Å². The molecule has 4 saturated carbocycles. The number of hydrogen-bond acceptors (Lipinski definition) is 8. The zero-order valence-corrected chi connectivity index (χ0v) is 34.2. The maximum atomic E-state index is 13.2. The summed E-state index contributed by atoms with van der Waals surface area (Å²) in [6.07, 6.45) is 7.92. The van der Waals surface area contributed by atoms with Crippen LogP contribution in [0.15, 0.2) is 39.8 Å². The van der Waals surface area contributed by atoms with Crippen LogP contribution in [-0.4, -0.2) is 44.5 Å². The van der Waals surface area contributed by atoms with E-state index < -0.39 is 23.1 Å². The van der Waals surface area contributed by atoms with Crippen LogP contribution < -0.4 is 0 Å². The van der Waals surface area contributed by atoms with Crippen LogP contribution in [0, 0.1) is 61.6 Å². The maximum absolute atomic E-state index is 13.2. The molecular weight excluding hydrogens is 686 g/mol. The molecule has 3 N–H and O–H groups in total. The summed E-state index contributed by atoms with van der Waals surface area (Å²) in [6.45, 7) is 20.0. The molecule has 8 nitrogen and oxygen atoms in total. The second-order valence-electron chi connectivity index (χ2n) is 20.1. The number of halogens is 1. The average molecular weight is 748 g/mol. The Morgan fingerprint density at radius 3 is 2.36 bits per heavy atom. The summed E-state index contributed by atoms with van der Waals surface area (Å²) in [5, 5.41) is 39.3. The molecule has 2 aromatic rings. The van der Waals surface area contributed by atoms with E-state index in [-0.39, 0.29) is 40.1 Å². The van der Waals surface area contributed by atoms with Gasteiger partial charge in [-0.25, -0.2) is 0 Å². The molecule has 1 heterocycles. The number of aliphatic hydroxyl groups excluding tert-OH is 1. The van der Waals surface area contributed by atoms with Gasteiger partial charge in [-0.3, -0.25) is 4.79 Å². The quantitative estimate of drug-likeness (QED) is 0.139. The van der Waals surface area contributed by atoms with Crippen LogP contribution >= 0.6 is 11.6 Å². The fraction of sp³-hybridized carbons (Fsp3) is 0.727. The van der Waals surface area contributed by atoms with Crippen LogP contribution in [0.5, 0.6) is 0 Å². The van der Waals surface area contributed by atoms with Crippen molar-refractivity contribution in [2.45, 2.75) is 145 Å². The van der Waals surface area contributed by atoms with Crippen molar-refractivity contribution < 1.29 is 24.2 Å². The van der Waals surface area contributed by atoms with Crippen molar-refractivity contribution in [1.29, 1.82) is 5.41 Å². The number of allylic oxidation sites excluding steroid dienone is 2. The number of nitrogens with zero attached hydrogens (tertiary/aromatic N) is 2. The molecule has 1 aromatic carbocycles. The largest absolute Gasteiger partial charge is 0.462 e. The first-order valence-corrected chi connectivity index (χ1v) is 20.5. The zero-order chi connectivity index (χ0) is 38.5. The Morgan fingerprint density at radius 1 is 1.00 bits per heavy atom. The Kier molecular flexibility index (Phi) is 9.50. The number of rotatable bonds is 8. The first-order valence-electron chi connectivity index (χ1n) is 20.1. The number of aliphatic hydroxyl groups is 2. The summed E-state index contributed by atoms with van der Waals surface area (Å²) >= 11 is 6.15. The van der Waals surface area contributed by atoms with E-state index in [2.05, 4.69) is 58.7 Å². The Morgan fingerprint density at radius 2 is 1.70 bits per heavy atom. The number of fused-ring (bicyclic) bond motifs is 7. The van der Waals surface area contributed by atoms with E-state index in [1.165, 1.54) is 0 Å². The summed E-state index contributed by atoms with van der Waals surface area (Å²) in [4.78, 5) is 13.2. The number of esters is 1. The third-order valence-corrected chi connectivity index (χ3v) is 16.3. The van der Waals surface area contributed by atoms with Gasteiger partial charge in [0.05, 0.1) is 6.42 Å². The fourth-order valence-corrected chi connectivity index (χ4v) is 13.3. The molecule has 5 aliphatic rings. The third-order valence-electron chi connectivity index (χ3n) is 16.0. The first kappa shape index (κ1) is 38.7. The van der Waals surface area contributed by atoms with Crippen LogP contribution in [0.1, 0.15) is 132 Å². The van der Waals surface area contributed by atoms with Crippen molar-refractivity contribution in [3.05, 3.63) is 46.3 Å². The van der Waals surface area contributed by atoms with Gasteiger partial charge in [0, 0.05) is 44.9 Å². The molecule has 290 valence electrons. The van der Waals surface area contributed by atoms with Gasteiger partial charge in [-0.05, 0) is 116 Å². The maximum Gasteiger partial charge on any atom is 0.306 e. The van der Waals surface area contributed by atoms with Crippen LogP contribution in [-0.2, 0) is 16.0 Å². The number of benzene rings is 1. The topological polar surface area (TPSA) is 130 Å². The second kappa shape index (κ2) is 13.0. The normalized spacial score (nSPS) is 36.6. The van der Waals surface area contributed by atoms with E-state index in [9.17, 15) is 20.4 Å². The van der Waals surface area contributed by atoms with E-state index in [1.807, 2.05) is 24.3 Å². The third kappa shape index (κ3) is 5.98. The van der Waals surface area contributed by atoms with Gasteiger partial charge < -0.3 is 24.8 Å². The van der Waals surface area contributed by atoms with Crippen LogP contribution in [0.4, 0.5) is 0 Å². The minimum absolute atomic E-state index is 0.00295. The average Bonchev–Trinajstić information content (AvgIpc) is 3.68. The number of aromatic nitrogens is 2. The second-order valence-corrected chi connectivity index (χ2v) is 20.5. The molecular formula is C44H62ClN3O5. The molecule has 0 spiro atoms. The lowest BCUT2D eigenvalue weighted by Gasteiger charge is -2.72. The standard InChI is InChI=1S/C44H62ClN3O5/c1-25(2)28-16-19-44(23-33-47-48-37(53-33)26-10-12-27(45)13-11-26)21-20-42(8)29(35(28)44)14-15-31-41(7)18-17-32(52-34(49)24-39(3,4)38(50)51)40(5,6)36(41)30(46)22-43(31,42)9/h10-13,25,29,31-32,36,38,46,50-51H,14-24H2,1-9H3. The van der Waals surface area contributed by atoms with E-state index in [1.54, 1.807) is 25.0 Å². The molecule has 0 amide bonds. The lowest BCUT2D eigenvalue weighted by molar-refractivity contribution is -0.205. The molecule has 1 aromatic heterocycles. The SMILES string of the molecule is CC(C)C1=C2C3CCC4C5(C)CCC(OC(=O)CC(C)(C)C(O)O)C(C)(C)C5C(=N)CC4(C)C3(C)CCC2(Cc2nnc(-c3ccc(Cl)cc3)o2)CC1. The molecule has 0 saturated heterocycles. The molecule has 4 fully saturated rings. The van der Waals surface area contributed by atoms with Gasteiger partial charge in [0.15, 0.2) is 6.29 Å². The van der Waals surface area contributed by atoms with Crippen molar-refractivity contribution in [1.82, 2.24) is 10.2 Å². The number of hydrogen-bond donors (Lipinski definition) is 3. The minimum atomic E-state index is -1.60. The van der Waals surface area contributed by atoms with E-state index in [4.69, 9.17) is 20.8 Å². The molecule has 53 heavy (non-hydrogen) atoms. The predicted octanol–water partition coefficient (Wildman–Crippen LogP) is 10.0. The minimum Gasteiger partial charge on any atom is -0.462 e. The monoisotopic (exact) mass is 747 g/mol. The molecule has 8 unspecified atom stereocenters. The highest BCUT2D eigenvalue weighted by Crippen LogP contribution is 2.76. The number of ether oxygens (including phenoxy) is 1. The molecule has 0 bridgehead atoms. The van der Waals surface area contributed by atoms with E-state index >= 15 is 0 Å². The van der Waals surface area contributed by atoms with Crippen molar-refractivity contribution in [2.24, 2.45) is 56.2 Å². The summed E-state index contributed by atoms with van der Waals surface area (Å²) in [5.74, 6) is 2.23. The van der Waals surface area contributed by atoms with Gasteiger partial charge in [0.2, 0.25) is 11.8 Å². The van der Waals surface area contributed by atoms with E-state index in [0.717, 1.165) is 75.5 Å². The molecule has 0 radical (unpaired) electrons. The summed E-state index contributed by atoms with van der Waals surface area (Å²) < 4.78 is 12.6. The van der Waals surface area contributed by atoms with E-state index in [0.29, 0.717) is 34.6 Å². The molecule has 7 rings (SSSR count). The van der Waals surface area contributed by atoms with Gasteiger partial charge in [-0.15, -0.1) is 10.2 Å². The Balaban J connectivity index is 1.17. The Bertz CT molecular complexity index is 1800. The summed E-state index contributed by atoms with van der Waals surface area (Å²) in [6, 6.07) is 7.57. The molecule has 8 atom stereocenters. The number of carbonyl (C=O) groups excluding carboxylic acids is 1. The van der Waals surface area contributed by atoms with Gasteiger partial charge in [-0.1, -0.05) is 85.1 Å². The predicted molar refractivity (Wildman–Crippen MR) is 207 cm³/mol. The molecule has 9 heteroatoms. The lowest BCUT2D eigenvalue weighted by Crippen LogP contribution is -2.68. The summed E-state index contributed by atoms with van der Waals surface area (Å²) in [5.41, 5.74) is 3.50. The highest BCUT2D eigenvalue weighted by atomic mass is 35.5. The number of carbonyl (C=O) groups is 1. The fourth-order valence-electron chi connectivity index (χ4n) is 13.2. The van der Waals surface area contributed by atoms with Crippen molar-refractivity contribution >= 4 is 23.3 Å². The lowest BCUT2D eigenvalue weighted by atomic mass is 9.32. The zero-order valence-electron chi connectivity index (χ0n) is 33.4. The van der Waals surface area contributed by atoms with Gasteiger partial charge >= 0.3 is 5.97 Å². The van der Waals surface area contributed by atoms with Crippen LogP contribution in [0.25, 0.3) is 11.5 Å². The van der Waals surface area contributed by atoms with Crippen molar-refractivity contribution in [3.63, 3.8) is 0 Å². The Hall–Kier alpha value is -2.55. The van der Waals surface area contributed by atoms with Crippen molar-refractivity contribution in [2.75, 3.05) is 0 Å². The summed E-state index contributed by atoms with van der Waals surface area (Å²) in [7, 11) is 0.